The Hall–Kier alpha value is -0.566. The van der Waals surface area contributed by atoms with Gasteiger partial charge in [-0.25, -0.2) is 0 Å². The number of carbonyl (C=O) groups excluding carboxylic acids is 2. The van der Waals surface area contributed by atoms with Crippen LogP contribution in [0.15, 0.2) is 0 Å². The molecule has 4 nitrogen and oxygen atoms in total. The summed E-state index contributed by atoms with van der Waals surface area (Å²) in [5.74, 6) is -1.92. The summed E-state index contributed by atoms with van der Waals surface area (Å²) in [6, 6.07) is 0. The van der Waals surface area contributed by atoms with Gasteiger partial charge in [0.1, 0.15) is 0 Å². The second kappa shape index (κ2) is 25.7. The van der Waals surface area contributed by atoms with Crippen LogP contribution in [0.4, 0.5) is 0 Å². The number of hydrogen-bond acceptors (Lipinski definition) is 4. The van der Waals surface area contributed by atoms with Crippen molar-refractivity contribution in [2.75, 3.05) is 0 Å². The Labute approximate surface area is 165 Å². The van der Waals surface area contributed by atoms with Gasteiger partial charge in [-0.15, -0.1) is 0 Å². The van der Waals surface area contributed by atoms with E-state index in [0.717, 1.165) is 0 Å². The SMILES string of the molecule is C1CCCCC1.C1CCCCC1.CCCC(=O)[O-].CCCC(=O)[O-].[Ni+2]. The van der Waals surface area contributed by atoms with Crippen molar-refractivity contribution >= 4 is 11.9 Å². The summed E-state index contributed by atoms with van der Waals surface area (Å²) < 4.78 is 0. The minimum Gasteiger partial charge on any atom is -0.550 e. The number of carbonyl (C=O) groups is 2. The molecule has 0 aliphatic heterocycles. The number of rotatable bonds is 4. The van der Waals surface area contributed by atoms with Crippen molar-refractivity contribution in [1.82, 2.24) is 0 Å². The molecule has 0 aromatic carbocycles. The molecule has 2 rings (SSSR count). The molecule has 0 atom stereocenters. The Kier molecular flexibility index (Phi) is 30.0. The molecule has 0 N–H and O–H groups in total. The molecule has 0 aromatic heterocycles. The van der Waals surface area contributed by atoms with Gasteiger partial charge in [-0.1, -0.05) is 104 Å². The molecule has 152 valence electrons. The fourth-order valence-electron chi connectivity index (χ4n) is 2.53. The van der Waals surface area contributed by atoms with Crippen LogP contribution in [-0.2, 0) is 26.1 Å². The monoisotopic (exact) mass is 400 g/mol. The first-order valence-electron chi connectivity index (χ1n) is 9.94. The third-order valence-electron chi connectivity index (χ3n) is 3.91. The fourth-order valence-corrected chi connectivity index (χ4v) is 2.53. The largest absolute Gasteiger partial charge is 2.00 e. The van der Waals surface area contributed by atoms with Crippen LogP contribution < -0.4 is 10.2 Å². The zero-order valence-corrected chi connectivity index (χ0v) is 17.3. The zero-order valence-electron chi connectivity index (χ0n) is 16.3. The Morgan fingerprint density at radius 3 is 0.760 bits per heavy atom. The summed E-state index contributed by atoms with van der Waals surface area (Å²) in [7, 11) is 0. The van der Waals surface area contributed by atoms with Crippen molar-refractivity contribution < 1.29 is 36.3 Å². The maximum absolute atomic E-state index is 9.49. The van der Waals surface area contributed by atoms with Crippen LogP contribution in [-0.4, -0.2) is 11.9 Å². The van der Waals surface area contributed by atoms with Crippen LogP contribution in [0.3, 0.4) is 0 Å². The first-order chi connectivity index (χ1) is 11.5. The van der Waals surface area contributed by atoms with Crippen LogP contribution in [0.25, 0.3) is 0 Å². The molecule has 2 fully saturated rings. The van der Waals surface area contributed by atoms with Crippen molar-refractivity contribution in [1.29, 1.82) is 0 Å². The van der Waals surface area contributed by atoms with Crippen molar-refractivity contribution in [2.24, 2.45) is 0 Å². The van der Waals surface area contributed by atoms with Crippen LogP contribution in [0, 0.1) is 0 Å². The number of aliphatic carboxylic acids is 2. The van der Waals surface area contributed by atoms with Crippen molar-refractivity contribution in [3.8, 4) is 0 Å². The second-order valence-corrected chi connectivity index (χ2v) is 6.49. The molecular formula is C20H38NiO4. The Balaban J connectivity index is -0.000000255. The van der Waals surface area contributed by atoms with Crippen molar-refractivity contribution in [3.63, 3.8) is 0 Å². The number of hydrogen-bond donors (Lipinski definition) is 0. The molecule has 25 heavy (non-hydrogen) atoms. The van der Waals surface area contributed by atoms with E-state index in [9.17, 15) is 19.8 Å². The van der Waals surface area contributed by atoms with E-state index in [-0.39, 0.29) is 29.3 Å². The summed E-state index contributed by atoms with van der Waals surface area (Å²) >= 11 is 0. The quantitative estimate of drug-likeness (QED) is 0.672. The summed E-state index contributed by atoms with van der Waals surface area (Å²) in [6.45, 7) is 3.60. The maximum atomic E-state index is 9.49. The molecule has 2 saturated carbocycles. The molecule has 0 spiro atoms. The molecular weight excluding hydrogens is 363 g/mol. The topological polar surface area (TPSA) is 80.3 Å². The fraction of sp³-hybridized carbons (Fsp3) is 0.900. The van der Waals surface area contributed by atoms with Gasteiger partial charge in [-0.05, 0) is 12.8 Å². The molecule has 5 heteroatoms. The molecule has 0 amide bonds. The summed E-state index contributed by atoms with van der Waals surface area (Å²) in [5, 5.41) is 19.0. The van der Waals surface area contributed by atoms with E-state index in [1.54, 1.807) is 13.8 Å². The Morgan fingerprint density at radius 2 is 0.720 bits per heavy atom. The second-order valence-electron chi connectivity index (χ2n) is 6.49. The van der Waals surface area contributed by atoms with E-state index in [1.165, 1.54) is 77.0 Å². The first-order valence-corrected chi connectivity index (χ1v) is 9.94. The first kappa shape index (κ1) is 29.2. The molecule has 0 radical (unpaired) electrons. The van der Waals surface area contributed by atoms with Gasteiger partial charge in [-0.2, -0.15) is 0 Å². The van der Waals surface area contributed by atoms with Crippen molar-refractivity contribution in [3.05, 3.63) is 0 Å². The van der Waals surface area contributed by atoms with Crippen LogP contribution in [0.5, 0.6) is 0 Å². The molecule has 0 aromatic rings. The van der Waals surface area contributed by atoms with E-state index in [0.29, 0.717) is 12.8 Å². The molecule has 2 aliphatic carbocycles. The summed E-state index contributed by atoms with van der Waals surface area (Å²) in [4.78, 5) is 19.0. The predicted octanol–water partition coefficient (Wildman–Crippen LogP) is 3.75. The third kappa shape index (κ3) is 35.4. The standard InChI is InChI=1S/2C6H12.2C4H8O2.Ni/c2*1-2-4-6-5-3-1;2*1-2-3-4(5)6;/h2*1-6H2;2*2-3H2,1H3,(H,5,6);/q;;;;+2/p-2. The zero-order chi connectivity index (χ0) is 18.5. The minimum atomic E-state index is -0.961. The predicted molar refractivity (Wildman–Crippen MR) is 95.2 cm³/mol. The summed E-state index contributed by atoms with van der Waals surface area (Å²) in [5.41, 5.74) is 0. The number of carboxylic acid groups (broad SMARTS) is 2. The third-order valence-corrected chi connectivity index (χ3v) is 3.91. The van der Waals surface area contributed by atoms with Gasteiger partial charge in [0.25, 0.3) is 0 Å². The van der Waals surface area contributed by atoms with Gasteiger partial charge in [0, 0.05) is 11.9 Å². The molecule has 0 saturated heterocycles. The average molecular weight is 401 g/mol. The molecule has 2 aliphatic rings. The minimum absolute atomic E-state index is 0. The van der Waals surface area contributed by atoms with E-state index in [2.05, 4.69) is 0 Å². The summed E-state index contributed by atoms with van der Waals surface area (Å²) in [6.07, 6.45) is 19.7. The van der Waals surface area contributed by atoms with Crippen LogP contribution >= 0.6 is 0 Å². The molecule has 0 bridgehead atoms. The Bertz CT molecular complexity index is 224. The van der Waals surface area contributed by atoms with E-state index in [4.69, 9.17) is 0 Å². The van der Waals surface area contributed by atoms with E-state index >= 15 is 0 Å². The van der Waals surface area contributed by atoms with Gasteiger partial charge in [0.2, 0.25) is 0 Å². The normalized spacial score (nSPS) is 15.4. The number of carboxylic acids is 2. The van der Waals surface area contributed by atoms with Gasteiger partial charge < -0.3 is 19.8 Å². The average Bonchev–Trinajstić information content (AvgIpc) is 2.59. The van der Waals surface area contributed by atoms with Gasteiger partial charge in [0.05, 0.1) is 0 Å². The van der Waals surface area contributed by atoms with Gasteiger partial charge >= 0.3 is 16.5 Å². The van der Waals surface area contributed by atoms with E-state index in [1.807, 2.05) is 0 Å². The molecule has 0 unspecified atom stereocenters. The van der Waals surface area contributed by atoms with Gasteiger partial charge in [-0.3, -0.25) is 0 Å². The van der Waals surface area contributed by atoms with Crippen molar-refractivity contribution in [2.45, 2.75) is 117 Å². The maximum Gasteiger partial charge on any atom is 2.00 e. The smallest absolute Gasteiger partial charge is 0.550 e. The molecule has 0 heterocycles. The van der Waals surface area contributed by atoms with Crippen LogP contribution in [0.1, 0.15) is 117 Å². The Morgan fingerprint density at radius 1 is 0.560 bits per heavy atom. The van der Waals surface area contributed by atoms with Crippen LogP contribution in [0.2, 0.25) is 0 Å². The van der Waals surface area contributed by atoms with Gasteiger partial charge in [0.15, 0.2) is 0 Å². The van der Waals surface area contributed by atoms with E-state index < -0.39 is 11.9 Å².